The third kappa shape index (κ3) is 6.31. The molecule has 0 unspecified atom stereocenters. The highest BCUT2D eigenvalue weighted by Gasteiger charge is 2.14. The molecular formula is C7H11O5P. The predicted octanol–water partition coefficient (Wildman–Crippen LogP) is 0.767. The Balaban J connectivity index is 0.000000671. The van der Waals surface area contributed by atoms with Crippen LogP contribution in [0.3, 0.4) is 0 Å². The van der Waals surface area contributed by atoms with Gasteiger partial charge in [0, 0.05) is 7.11 Å². The topological polar surface area (TPSA) is 87.0 Å². The normalized spacial score (nSPS) is 9.85. The van der Waals surface area contributed by atoms with Crippen LogP contribution in [0.15, 0.2) is 30.3 Å². The Labute approximate surface area is 75.8 Å². The van der Waals surface area contributed by atoms with Gasteiger partial charge in [0.05, 0.1) is 0 Å². The Bertz CT molecular complexity index is 267. The minimum absolute atomic E-state index is 0.167. The maximum absolute atomic E-state index is 10.3. The van der Waals surface area contributed by atoms with Crippen molar-refractivity contribution in [2.45, 2.75) is 0 Å². The van der Waals surface area contributed by atoms with Crippen LogP contribution < -0.4 is 4.52 Å². The first-order chi connectivity index (χ1) is 6.08. The molecule has 74 valence electrons. The molecule has 13 heavy (non-hydrogen) atoms. The van der Waals surface area contributed by atoms with E-state index in [-0.39, 0.29) is 5.75 Å². The molecule has 0 heterocycles. The van der Waals surface area contributed by atoms with E-state index in [9.17, 15) is 4.57 Å². The Morgan fingerprint density at radius 3 is 2.00 bits per heavy atom. The fourth-order valence-electron chi connectivity index (χ4n) is 0.619. The van der Waals surface area contributed by atoms with Crippen molar-refractivity contribution in [2.24, 2.45) is 0 Å². The minimum Gasteiger partial charge on any atom is -0.404 e. The maximum atomic E-state index is 10.3. The van der Waals surface area contributed by atoms with E-state index < -0.39 is 7.82 Å². The molecule has 0 aromatic heterocycles. The van der Waals surface area contributed by atoms with Crippen molar-refractivity contribution in [3.05, 3.63) is 30.3 Å². The smallest absolute Gasteiger partial charge is 0.404 e. The number of phosphoric ester groups is 1. The summed E-state index contributed by atoms with van der Waals surface area (Å²) in [4.78, 5) is 16.7. The highest BCUT2D eigenvalue weighted by Crippen LogP contribution is 2.36. The zero-order valence-corrected chi connectivity index (χ0v) is 7.89. The lowest BCUT2D eigenvalue weighted by Crippen LogP contribution is -1.88. The molecule has 1 aromatic carbocycles. The van der Waals surface area contributed by atoms with Gasteiger partial charge in [-0.25, -0.2) is 4.57 Å². The van der Waals surface area contributed by atoms with E-state index in [1.165, 1.54) is 12.1 Å². The van der Waals surface area contributed by atoms with Gasteiger partial charge < -0.3 is 9.63 Å². The first kappa shape index (κ1) is 12.1. The van der Waals surface area contributed by atoms with Crippen LogP contribution in [-0.2, 0) is 4.57 Å². The summed E-state index contributed by atoms with van der Waals surface area (Å²) in [7, 11) is -3.39. The molecule has 0 aliphatic heterocycles. The summed E-state index contributed by atoms with van der Waals surface area (Å²) in [6.45, 7) is 0. The molecule has 1 rings (SSSR count). The third-order valence-corrected chi connectivity index (χ3v) is 1.42. The molecule has 0 aliphatic rings. The van der Waals surface area contributed by atoms with Crippen molar-refractivity contribution in [1.82, 2.24) is 0 Å². The molecular weight excluding hydrogens is 195 g/mol. The minimum atomic E-state index is -4.39. The highest BCUT2D eigenvalue weighted by molar-refractivity contribution is 7.46. The van der Waals surface area contributed by atoms with E-state index in [0.717, 1.165) is 7.11 Å². The lowest BCUT2D eigenvalue weighted by Gasteiger charge is -2.04. The molecule has 0 radical (unpaired) electrons. The molecule has 6 heteroatoms. The second kappa shape index (κ2) is 5.72. The van der Waals surface area contributed by atoms with Crippen molar-refractivity contribution in [3.63, 3.8) is 0 Å². The second-order valence-corrected chi connectivity index (χ2v) is 3.06. The summed E-state index contributed by atoms with van der Waals surface area (Å²) < 4.78 is 14.5. The Kier molecular flexibility index (Phi) is 5.34. The molecule has 5 nitrogen and oxygen atoms in total. The van der Waals surface area contributed by atoms with E-state index in [0.29, 0.717) is 0 Å². The molecule has 0 aliphatic carbocycles. The van der Waals surface area contributed by atoms with Gasteiger partial charge in [-0.3, -0.25) is 9.79 Å². The lowest BCUT2D eigenvalue weighted by atomic mass is 10.3. The van der Waals surface area contributed by atoms with E-state index in [4.69, 9.17) is 14.9 Å². The van der Waals surface area contributed by atoms with Gasteiger partial charge in [-0.15, -0.1) is 0 Å². The van der Waals surface area contributed by atoms with Gasteiger partial charge >= 0.3 is 7.82 Å². The van der Waals surface area contributed by atoms with Crippen LogP contribution in [0.2, 0.25) is 0 Å². The summed E-state index contributed by atoms with van der Waals surface area (Å²) in [6.07, 6.45) is 0. The maximum Gasteiger partial charge on any atom is 0.524 e. The van der Waals surface area contributed by atoms with Crippen molar-refractivity contribution in [2.75, 3.05) is 7.11 Å². The summed E-state index contributed by atoms with van der Waals surface area (Å²) in [5.41, 5.74) is 0. The zero-order chi connectivity index (χ0) is 10.3. The standard InChI is InChI=1S/C6H7O4P.CH4O/c7-11(8,9)10-6-4-2-1-3-5-6;1-2/h1-5H,(H2,7,8,9);2H,1H3. The first-order valence-electron chi connectivity index (χ1n) is 3.33. The predicted molar refractivity (Wildman–Crippen MR) is 47.3 cm³/mol. The summed E-state index contributed by atoms with van der Waals surface area (Å²) in [6, 6.07) is 7.93. The third-order valence-electron chi connectivity index (χ3n) is 0.968. The molecule has 0 saturated heterocycles. The van der Waals surface area contributed by atoms with Crippen molar-refractivity contribution in [1.29, 1.82) is 0 Å². The summed E-state index contributed by atoms with van der Waals surface area (Å²) in [5, 5.41) is 7.00. The molecule has 0 fully saturated rings. The Morgan fingerprint density at radius 2 is 1.62 bits per heavy atom. The zero-order valence-electron chi connectivity index (χ0n) is 6.99. The van der Waals surface area contributed by atoms with Crippen LogP contribution in [-0.4, -0.2) is 22.0 Å². The fourth-order valence-corrected chi connectivity index (χ4v) is 1.02. The Morgan fingerprint density at radius 1 is 1.15 bits per heavy atom. The van der Waals surface area contributed by atoms with Gasteiger partial charge in [0.2, 0.25) is 0 Å². The quantitative estimate of drug-likeness (QED) is 0.622. The van der Waals surface area contributed by atoms with Crippen molar-refractivity contribution >= 4 is 7.82 Å². The monoisotopic (exact) mass is 206 g/mol. The van der Waals surface area contributed by atoms with Crippen LogP contribution in [0.5, 0.6) is 5.75 Å². The molecule has 0 atom stereocenters. The highest BCUT2D eigenvalue weighted by atomic mass is 31.2. The van der Waals surface area contributed by atoms with Crippen LogP contribution in [0.1, 0.15) is 0 Å². The van der Waals surface area contributed by atoms with Crippen LogP contribution in [0, 0.1) is 0 Å². The van der Waals surface area contributed by atoms with Crippen LogP contribution in [0.25, 0.3) is 0 Å². The average Bonchev–Trinajstić information content (AvgIpc) is 2.07. The van der Waals surface area contributed by atoms with Crippen LogP contribution in [0.4, 0.5) is 0 Å². The molecule has 1 aromatic rings. The number of phosphoric acid groups is 1. The van der Waals surface area contributed by atoms with E-state index in [2.05, 4.69) is 4.52 Å². The number of aliphatic hydroxyl groups excluding tert-OH is 1. The largest absolute Gasteiger partial charge is 0.524 e. The fraction of sp³-hybridized carbons (Fsp3) is 0.143. The number of hydrogen-bond donors (Lipinski definition) is 3. The van der Waals surface area contributed by atoms with E-state index in [1.807, 2.05) is 0 Å². The number of hydrogen-bond acceptors (Lipinski definition) is 3. The number of rotatable bonds is 2. The number of para-hydroxylation sites is 1. The number of benzene rings is 1. The van der Waals surface area contributed by atoms with Gasteiger partial charge in [-0.1, -0.05) is 18.2 Å². The van der Waals surface area contributed by atoms with Gasteiger partial charge in [-0.2, -0.15) is 0 Å². The van der Waals surface area contributed by atoms with Gasteiger partial charge in [0.25, 0.3) is 0 Å². The van der Waals surface area contributed by atoms with Crippen LogP contribution >= 0.6 is 7.82 Å². The molecule has 0 spiro atoms. The van der Waals surface area contributed by atoms with E-state index in [1.54, 1.807) is 18.2 Å². The second-order valence-electron chi connectivity index (χ2n) is 1.89. The first-order valence-corrected chi connectivity index (χ1v) is 4.86. The van der Waals surface area contributed by atoms with Gasteiger partial charge in [0.1, 0.15) is 5.75 Å². The summed E-state index contributed by atoms with van der Waals surface area (Å²) >= 11 is 0. The SMILES string of the molecule is CO.O=P(O)(O)Oc1ccccc1. The van der Waals surface area contributed by atoms with Gasteiger partial charge in [-0.05, 0) is 12.1 Å². The Hall–Kier alpha value is -0.870. The molecule has 3 N–H and O–H groups in total. The van der Waals surface area contributed by atoms with Crippen molar-refractivity contribution in [3.8, 4) is 5.75 Å². The van der Waals surface area contributed by atoms with E-state index >= 15 is 0 Å². The lowest BCUT2D eigenvalue weighted by molar-refractivity contribution is 0.283. The number of aliphatic hydroxyl groups is 1. The van der Waals surface area contributed by atoms with Crippen molar-refractivity contribution < 1.29 is 24.0 Å². The molecule has 0 amide bonds. The average molecular weight is 206 g/mol. The molecule has 0 bridgehead atoms. The summed E-state index contributed by atoms with van der Waals surface area (Å²) in [5.74, 6) is 0.167. The van der Waals surface area contributed by atoms with Gasteiger partial charge in [0.15, 0.2) is 0 Å². The molecule has 0 saturated carbocycles.